The van der Waals surface area contributed by atoms with Crippen LogP contribution in [0.2, 0.25) is 10.0 Å². The van der Waals surface area contributed by atoms with Gasteiger partial charge >= 0.3 is 0 Å². The molecular weight excluding hydrogens is 201 g/mol. The Morgan fingerprint density at radius 2 is 2.50 bits per heavy atom. The summed E-state index contributed by atoms with van der Waals surface area (Å²) in [5.74, 6) is -0.949. The fourth-order valence-electron chi connectivity index (χ4n) is 0.555. The molecule has 1 aromatic rings. The molecule has 0 atom stereocenters. The van der Waals surface area contributed by atoms with Crippen molar-refractivity contribution >= 4 is 29.1 Å². The molecule has 0 aliphatic rings. The maximum Gasteiger partial charge on any atom is 0.273 e. The standard InChI is InChI=1S/C6H5Cl2N3O/c1-9-6(12)5-4(8)3(7)2-10-11-5/h2H,1H3,(H,9,12)/i1D3. The third-order valence-corrected chi connectivity index (χ3v) is 1.84. The minimum atomic E-state index is -2.61. The SMILES string of the molecule is [2H]C([2H])([2H])NC(=O)c1nncc(Cl)c1Cl. The molecule has 0 radical (unpaired) electrons. The Morgan fingerprint density at radius 1 is 1.75 bits per heavy atom. The zero-order chi connectivity index (χ0) is 11.6. The van der Waals surface area contributed by atoms with Crippen LogP contribution in [0.25, 0.3) is 0 Å². The van der Waals surface area contributed by atoms with Gasteiger partial charge in [0.1, 0.15) is 0 Å². The van der Waals surface area contributed by atoms with Gasteiger partial charge in [-0.05, 0) is 0 Å². The van der Waals surface area contributed by atoms with Crippen molar-refractivity contribution in [2.75, 3.05) is 6.98 Å². The molecule has 0 spiro atoms. The van der Waals surface area contributed by atoms with Crippen LogP contribution in [0.15, 0.2) is 6.20 Å². The third-order valence-electron chi connectivity index (χ3n) is 1.08. The maximum absolute atomic E-state index is 11.3. The van der Waals surface area contributed by atoms with Crippen molar-refractivity contribution in [3.63, 3.8) is 0 Å². The van der Waals surface area contributed by atoms with E-state index in [0.29, 0.717) is 0 Å². The Hall–Kier alpha value is -0.870. The molecule has 0 aliphatic heterocycles. The van der Waals surface area contributed by atoms with E-state index in [1.54, 1.807) is 5.32 Å². The van der Waals surface area contributed by atoms with E-state index in [2.05, 4.69) is 10.2 Å². The molecule has 0 fully saturated rings. The predicted octanol–water partition coefficient (Wildman–Crippen LogP) is 1.14. The first-order valence-electron chi connectivity index (χ1n) is 4.30. The van der Waals surface area contributed by atoms with Gasteiger partial charge in [0.25, 0.3) is 5.91 Å². The van der Waals surface area contributed by atoms with E-state index in [0.717, 1.165) is 6.20 Å². The molecule has 6 heteroatoms. The molecule has 1 rings (SSSR count). The van der Waals surface area contributed by atoms with Crippen LogP contribution >= 0.6 is 23.2 Å². The molecule has 1 amide bonds. The molecule has 0 aliphatic carbocycles. The second-order valence-electron chi connectivity index (χ2n) is 1.81. The van der Waals surface area contributed by atoms with Crippen LogP contribution in [-0.4, -0.2) is 23.1 Å². The van der Waals surface area contributed by atoms with Crippen LogP contribution in [0.3, 0.4) is 0 Å². The molecule has 4 nitrogen and oxygen atoms in total. The summed E-state index contributed by atoms with van der Waals surface area (Å²) in [6, 6.07) is 0. The van der Waals surface area contributed by atoms with E-state index in [1.165, 1.54) is 0 Å². The summed E-state index contributed by atoms with van der Waals surface area (Å²) in [6.45, 7) is -2.61. The summed E-state index contributed by atoms with van der Waals surface area (Å²) < 4.78 is 20.4. The summed E-state index contributed by atoms with van der Waals surface area (Å²) in [6.07, 6.45) is 1.15. The molecule has 1 N–H and O–H groups in total. The molecule has 0 saturated carbocycles. The first-order valence-corrected chi connectivity index (χ1v) is 3.56. The Labute approximate surface area is 83.1 Å². The lowest BCUT2D eigenvalue weighted by Gasteiger charge is -2.00. The van der Waals surface area contributed by atoms with Crippen LogP contribution in [0, 0.1) is 0 Å². The minimum Gasteiger partial charge on any atom is -0.354 e. The molecule has 64 valence electrons. The highest BCUT2D eigenvalue weighted by atomic mass is 35.5. The number of carbonyl (C=O) groups excluding carboxylic acids is 1. The number of hydrogen-bond acceptors (Lipinski definition) is 3. The molecule has 0 unspecified atom stereocenters. The molecular formula is C6H5Cl2N3O. The van der Waals surface area contributed by atoms with Crippen molar-refractivity contribution in [3.8, 4) is 0 Å². The van der Waals surface area contributed by atoms with E-state index >= 15 is 0 Å². The fourth-order valence-corrected chi connectivity index (χ4v) is 0.861. The van der Waals surface area contributed by atoms with Gasteiger partial charge in [0, 0.05) is 11.1 Å². The average molecular weight is 209 g/mol. The van der Waals surface area contributed by atoms with Gasteiger partial charge in [0.05, 0.1) is 16.2 Å². The number of nitrogens with zero attached hydrogens (tertiary/aromatic N) is 2. The van der Waals surface area contributed by atoms with Crippen LogP contribution in [0.4, 0.5) is 0 Å². The van der Waals surface area contributed by atoms with Crippen molar-refractivity contribution in [1.82, 2.24) is 15.5 Å². The Bertz CT molecular complexity index is 396. The number of aromatic nitrogens is 2. The Kier molecular flexibility index (Phi) is 1.76. The third kappa shape index (κ3) is 1.65. The van der Waals surface area contributed by atoms with E-state index in [-0.39, 0.29) is 15.7 Å². The summed E-state index contributed by atoms with van der Waals surface area (Å²) in [7, 11) is 0. The van der Waals surface area contributed by atoms with Crippen LogP contribution < -0.4 is 5.32 Å². The van der Waals surface area contributed by atoms with Crippen molar-refractivity contribution in [2.45, 2.75) is 0 Å². The molecule has 12 heavy (non-hydrogen) atoms. The summed E-state index contributed by atoms with van der Waals surface area (Å²) in [5, 5.41) is 8.40. The number of halogens is 2. The lowest BCUT2D eigenvalue weighted by atomic mass is 10.4. The Balaban J connectivity index is 2.97. The largest absolute Gasteiger partial charge is 0.354 e. The predicted molar refractivity (Wildman–Crippen MR) is 45.4 cm³/mol. The highest BCUT2D eigenvalue weighted by Gasteiger charge is 2.13. The highest BCUT2D eigenvalue weighted by Crippen LogP contribution is 2.22. The number of hydrogen-bond donors (Lipinski definition) is 1. The van der Waals surface area contributed by atoms with Crippen molar-refractivity contribution in [1.29, 1.82) is 0 Å². The average Bonchev–Trinajstić information content (AvgIpc) is 2.06. The van der Waals surface area contributed by atoms with Crippen LogP contribution in [0.1, 0.15) is 14.6 Å². The maximum atomic E-state index is 11.3. The van der Waals surface area contributed by atoms with Gasteiger partial charge in [-0.1, -0.05) is 23.2 Å². The molecule has 0 aromatic carbocycles. The number of nitrogens with one attached hydrogen (secondary N) is 1. The van der Waals surface area contributed by atoms with E-state index in [4.69, 9.17) is 27.3 Å². The Morgan fingerprint density at radius 3 is 3.17 bits per heavy atom. The van der Waals surface area contributed by atoms with Crippen molar-refractivity contribution < 1.29 is 8.91 Å². The lowest BCUT2D eigenvalue weighted by Crippen LogP contribution is -2.20. The van der Waals surface area contributed by atoms with Gasteiger partial charge in [0.2, 0.25) is 0 Å². The van der Waals surface area contributed by atoms with Gasteiger partial charge in [-0.2, -0.15) is 5.10 Å². The van der Waals surface area contributed by atoms with Gasteiger partial charge < -0.3 is 5.32 Å². The van der Waals surface area contributed by atoms with Crippen LogP contribution in [0.5, 0.6) is 0 Å². The second kappa shape index (κ2) is 3.69. The zero-order valence-corrected chi connectivity index (χ0v) is 7.15. The molecule has 0 bridgehead atoms. The first-order chi connectivity index (χ1) is 6.81. The van der Waals surface area contributed by atoms with Crippen molar-refractivity contribution in [3.05, 3.63) is 21.9 Å². The monoisotopic (exact) mass is 208 g/mol. The molecule has 1 aromatic heterocycles. The highest BCUT2D eigenvalue weighted by molar-refractivity contribution is 6.43. The number of carbonyl (C=O) groups is 1. The van der Waals surface area contributed by atoms with Gasteiger partial charge in [-0.3, -0.25) is 4.79 Å². The molecule has 0 saturated heterocycles. The number of amides is 1. The van der Waals surface area contributed by atoms with Gasteiger partial charge in [-0.25, -0.2) is 0 Å². The zero-order valence-electron chi connectivity index (χ0n) is 8.64. The summed E-state index contributed by atoms with van der Waals surface area (Å²) >= 11 is 11.2. The van der Waals surface area contributed by atoms with E-state index in [9.17, 15) is 4.79 Å². The van der Waals surface area contributed by atoms with Crippen molar-refractivity contribution in [2.24, 2.45) is 0 Å². The smallest absolute Gasteiger partial charge is 0.273 e. The number of rotatable bonds is 1. The minimum absolute atomic E-state index is 0.0300. The lowest BCUT2D eigenvalue weighted by molar-refractivity contribution is 0.0957. The normalized spacial score (nSPS) is 14.3. The van der Waals surface area contributed by atoms with Gasteiger partial charge in [-0.15, -0.1) is 5.10 Å². The first kappa shape index (κ1) is 5.72. The fraction of sp³-hybridized carbons (Fsp3) is 0.167. The van der Waals surface area contributed by atoms with Gasteiger partial charge in [0.15, 0.2) is 5.69 Å². The molecule has 1 heterocycles. The van der Waals surface area contributed by atoms with E-state index < -0.39 is 12.9 Å². The quantitative estimate of drug-likeness (QED) is 0.754. The topological polar surface area (TPSA) is 54.9 Å². The van der Waals surface area contributed by atoms with E-state index in [1.807, 2.05) is 0 Å². The second-order valence-corrected chi connectivity index (χ2v) is 2.59. The van der Waals surface area contributed by atoms with Crippen LogP contribution in [-0.2, 0) is 0 Å². The summed E-state index contributed by atoms with van der Waals surface area (Å²) in [4.78, 5) is 11.3. The summed E-state index contributed by atoms with van der Waals surface area (Å²) in [5.41, 5.74) is -0.319.